The molecule has 0 saturated heterocycles. The first-order valence-corrected chi connectivity index (χ1v) is 3.58. The number of hydrogen-bond acceptors (Lipinski definition) is 4. The van der Waals surface area contributed by atoms with Crippen LogP contribution in [0.2, 0.25) is 0 Å². The molecule has 0 spiro atoms. The Morgan fingerprint density at radius 2 is 1.33 bits per heavy atom. The van der Waals surface area contributed by atoms with Crippen molar-refractivity contribution in [3.05, 3.63) is 35.4 Å². The van der Waals surface area contributed by atoms with Gasteiger partial charge in [0.1, 0.15) is 0 Å². The average Bonchev–Trinajstić information content (AvgIpc) is 2.09. The lowest BCUT2D eigenvalue weighted by Crippen LogP contribution is -2.05. The molecule has 0 unspecified atom stereocenters. The number of hydrogen-bond donors (Lipinski definition) is 2. The van der Waals surface area contributed by atoms with E-state index >= 15 is 0 Å². The highest BCUT2D eigenvalue weighted by Gasteiger charge is 1.99. The van der Waals surface area contributed by atoms with Crippen molar-refractivity contribution < 1.29 is 9.68 Å². The van der Waals surface area contributed by atoms with Gasteiger partial charge in [-0.15, -0.1) is 0 Å². The first-order valence-electron chi connectivity index (χ1n) is 3.58. The molecule has 0 aromatic heterocycles. The Bertz CT molecular complexity index is 215. The highest BCUT2D eigenvalue weighted by atomic mass is 16.6. The van der Waals surface area contributed by atoms with Crippen LogP contribution in [0.25, 0.3) is 0 Å². The maximum absolute atomic E-state index is 4.95. The first-order chi connectivity index (χ1) is 5.88. The lowest BCUT2D eigenvalue weighted by atomic mass is 10.1. The van der Waals surface area contributed by atoms with E-state index in [0.717, 1.165) is 11.1 Å². The largest absolute Gasteiger partial charge is 0.300 e. The summed E-state index contributed by atoms with van der Waals surface area (Å²) in [6.45, 7) is 0.749. The Balaban J connectivity index is 2.77. The zero-order valence-corrected chi connectivity index (χ0v) is 6.69. The van der Waals surface area contributed by atoms with Gasteiger partial charge in [0.15, 0.2) is 0 Å². The molecule has 1 aromatic rings. The molecule has 0 bridgehead atoms. The van der Waals surface area contributed by atoms with Crippen LogP contribution in [-0.2, 0) is 22.9 Å². The normalized spacial score (nSPS) is 10.2. The van der Waals surface area contributed by atoms with Crippen molar-refractivity contribution in [3.63, 3.8) is 0 Å². The van der Waals surface area contributed by atoms with Gasteiger partial charge in [-0.05, 0) is 11.1 Å². The fourth-order valence-electron chi connectivity index (χ4n) is 1.02. The monoisotopic (exact) mass is 168 g/mol. The van der Waals surface area contributed by atoms with Gasteiger partial charge >= 0.3 is 0 Å². The molecule has 4 nitrogen and oxygen atoms in total. The standard InChI is InChI=1S/C8H12N2O2/c9-11-5-7-3-1-2-4-8(7)6-12-10/h1-4H,5-6,9-10H2. The van der Waals surface area contributed by atoms with Crippen molar-refractivity contribution in [1.82, 2.24) is 0 Å². The average molecular weight is 168 g/mol. The van der Waals surface area contributed by atoms with Crippen LogP contribution in [0.1, 0.15) is 11.1 Å². The Morgan fingerprint density at radius 3 is 1.67 bits per heavy atom. The fraction of sp³-hybridized carbons (Fsp3) is 0.250. The van der Waals surface area contributed by atoms with E-state index in [-0.39, 0.29) is 0 Å². The summed E-state index contributed by atoms with van der Waals surface area (Å²) >= 11 is 0. The van der Waals surface area contributed by atoms with E-state index in [1.165, 1.54) is 0 Å². The third-order valence-corrected chi connectivity index (χ3v) is 1.60. The predicted octanol–water partition coefficient (Wildman–Crippen LogP) is 0.467. The SMILES string of the molecule is NOCc1ccccc1CON. The number of nitrogens with two attached hydrogens (primary N) is 2. The maximum Gasteiger partial charge on any atom is 0.0933 e. The minimum Gasteiger partial charge on any atom is -0.300 e. The van der Waals surface area contributed by atoms with E-state index in [2.05, 4.69) is 9.68 Å². The molecule has 66 valence electrons. The van der Waals surface area contributed by atoms with Gasteiger partial charge in [-0.2, -0.15) is 0 Å². The van der Waals surface area contributed by atoms with Crippen LogP contribution in [0.15, 0.2) is 24.3 Å². The zero-order valence-electron chi connectivity index (χ0n) is 6.69. The Labute approximate surface area is 71.0 Å². The molecule has 1 rings (SSSR count). The molecule has 0 saturated carbocycles. The van der Waals surface area contributed by atoms with Crippen LogP contribution >= 0.6 is 0 Å². The summed E-state index contributed by atoms with van der Waals surface area (Å²) in [7, 11) is 0. The minimum absolute atomic E-state index is 0.375. The molecule has 0 aliphatic heterocycles. The Hall–Kier alpha value is -0.940. The van der Waals surface area contributed by atoms with E-state index < -0.39 is 0 Å². The van der Waals surface area contributed by atoms with Crippen molar-refractivity contribution in [2.24, 2.45) is 11.8 Å². The predicted molar refractivity (Wildman–Crippen MR) is 44.4 cm³/mol. The third kappa shape index (κ3) is 2.28. The van der Waals surface area contributed by atoms with Gasteiger partial charge in [-0.1, -0.05) is 24.3 Å². The van der Waals surface area contributed by atoms with Crippen molar-refractivity contribution in [2.75, 3.05) is 0 Å². The second-order valence-corrected chi connectivity index (χ2v) is 2.39. The summed E-state index contributed by atoms with van der Waals surface area (Å²) in [6, 6.07) is 7.66. The van der Waals surface area contributed by atoms with Crippen LogP contribution in [0, 0.1) is 0 Å². The summed E-state index contributed by atoms with van der Waals surface area (Å²) < 4.78 is 0. The summed E-state index contributed by atoms with van der Waals surface area (Å²) in [6.07, 6.45) is 0. The summed E-state index contributed by atoms with van der Waals surface area (Å²) in [5, 5.41) is 0. The minimum atomic E-state index is 0.375. The molecule has 0 amide bonds. The molecule has 0 aliphatic carbocycles. The quantitative estimate of drug-likeness (QED) is 0.641. The van der Waals surface area contributed by atoms with Crippen LogP contribution in [0.4, 0.5) is 0 Å². The van der Waals surface area contributed by atoms with E-state index in [1.807, 2.05) is 24.3 Å². The lowest BCUT2D eigenvalue weighted by Gasteiger charge is -2.05. The van der Waals surface area contributed by atoms with E-state index in [0.29, 0.717) is 13.2 Å². The van der Waals surface area contributed by atoms with Gasteiger partial charge in [0.25, 0.3) is 0 Å². The van der Waals surface area contributed by atoms with Crippen LogP contribution < -0.4 is 11.8 Å². The molecule has 4 N–H and O–H groups in total. The van der Waals surface area contributed by atoms with Gasteiger partial charge in [-0.3, -0.25) is 9.68 Å². The van der Waals surface area contributed by atoms with Gasteiger partial charge in [0.05, 0.1) is 13.2 Å². The molecule has 12 heavy (non-hydrogen) atoms. The zero-order chi connectivity index (χ0) is 8.81. The second-order valence-electron chi connectivity index (χ2n) is 2.39. The molecule has 0 aliphatic rings. The summed E-state index contributed by atoms with van der Waals surface area (Å²) in [5.74, 6) is 9.91. The van der Waals surface area contributed by atoms with Gasteiger partial charge in [0.2, 0.25) is 0 Å². The molecule has 0 fully saturated rings. The van der Waals surface area contributed by atoms with E-state index in [4.69, 9.17) is 11.8 Å². The highest BCUT2D eigenvalue weighted by molar-refractivity contribution is 5.25. The Morgan fingerprint density at radius 1 is 0.917 bits per heavy atom. The summed E-state index contributed by atoms with van der Waals surface area (Å²) in [5.41, 5.74) is 1.98. The molecular formula is C8H12N2O2. The molecule has 0 heterocycles. The topological polar surface area (TPSA) is 70.5 Å². The molecule has 0 atom stereocenters. The van der Waals surface area contributed by atoms with Gasteiger partial charge < -0.3 is 0 Å². The smallest absolute Gasteiger partial charge is 0.0933 e. The van der Waals surface area contributed by atoms with Crippen LogP contribution in [-0.4, -0.2) is 0 Å². The van der Waals surface area contributed by atoms with Crippen molar-refractivity contribution >= 4 is 0 Å². The fourth-order valence-corrected chi connectivity index (χ4v) is 1.02. The Kier molecular flexibility index (Phi) is 3.69. The lowest BCUT2D eigenvalue weighted by molar-refractivity contribution is 0.109. The van der Waals surface area contributed by atoms with Crippen LogP contribution in [0.3, 0.4) is 0 Å². The third-order valence-electron chi connectivity index (χ3n) is 1.60. The summed E-state index contributed by atoms with van der Waals surface area (Å²) in [4.78, 5) is 9.04. The first kappa shape index (κ1) is 9.15. The second kappa shape index (κ2) is 4.84. The molecule has 4 heteroatoms. The van der Waals surface area contributed by atoms with E-state index in [9.17, 15) is 0 Å². The molecule has 0 radical (unpaired) electrons. The molecular weight excluding hydrogens is 156 g/mol. The van der Waals surface area contributed by atoms with Gasteiger partial charge in [0, 0.05) is 0 Å². The van der Waals surface area contributed by atoms with Crippen molar-refractivity contribution in [3.8, 4) is 0 Å². The molecule has 1 aromatic carbocycles. The van der Waals surface area contributed by atoms with Crippen LogP contribution in [0.5, 0.6) is 0 Å². The highest BCUT2D eigenvalue weighted by Crippen LogP contribution is 2.09. The maximum atomic E-state index is 4.95. The number of benzene rings is 1. The van der Waals surface area contributed by atoms with Gasteiger partial charge in [-0.25, -0.2) is 11.8 Å². The van der Waals surface area contributed by atoms with Crippen molar-refractivity contribution in [1.29, 1.82) is 0 Å². The number of rotatable bonds is 4. The van der Waals surface area contributed by atoms with Crippen molar-refractivity contribution in [2.45, 2.75) is 13.2 Å². The van der Waals surface area contributed by atoms with E-state index in [1.54, 1.807) is 0 Å².